The third-order valence-electron chi connectivity index (χ3n) is 2.63. The lowest BCUT2D eigenvalue weighted by Gasteiger charge is -2.25. The van der Waals surface area contributed by atoms with E-state index in [4.69, 9.17) is 4.74 Å². The van der Waals surface area contributed by atoms with Crippen LogP contribution in [0.15, 0.2) is 0 Å². The summed E-state index contributed by atoms with van der Waals surface area (Å²) in [5, 5.41) is 0.586. The maximum Gasteiger partial charge on any atom is 0.308 e. The Morgan fingerprint density at radius 1 is 1.27 bits per heavy atom. The number of ether oxygens (including phenoxy) is 1. The maximum atomic E-state index is 11.4. The van der Waals surface area contributed by atoms with Gasteiger partial charge in [-0.15, -0.1) is 0 Å². The van der Waals surface area contributed by atoms with Crippen LogP contribution in [-0.2, 0) is 14.3 Å². The van der Waals surface area contributed by atoms with E-state index in [2.05, 4.69) is 0 Å². The van der Waals surface area contributed by atoms with Crippen LogP contribution in [-0.4, -0.2) is 22.9 Å². The van der Waals surface area contributed by atoms with Gasteiger partial charge in [0, 0.05) is 12.2 Å². The molecule has 1 rings (SSSR count). The first-order valence-corrected chi connectivity index (χ1v) is 6.35. The second kappa shape index (κ2) is 6.16. The molecule has 0 amide bonds. The fourth-order valence-electron chi connectivity index (χ4n) is 1.91. The number of thioether (sulfide) groups is 1. The van der Waals surface area contributed by atoms with Gasteiger partial charge in [0.25, 0.3) is 0 Å². The molecule has 0 aromatic rings. The van der Waals surface area contributed by atoms with Gasteiger partial charge in [-0.05, 0) is 32.6 Å². The summed E-state index contributed by atoms with van der Waals surface area (Å²) in [4.78, 5) is 22.3. The Morgan fingerprint density at radius 2 is 1.87 bits per heavy atom. The van der Waals surface area contributed by atoms with Gasteiger partial charge in [0.15, 0.2) is 5.12 Å². The van der Waals surface area contributed by atoms with Crippen LogP contribution in [0.2, 0.25) is 0 Å². The van der Waals surface area contributed by atoms with E-state index in [1.54, 1.807) is 6.92 Å². The number of esters is 1. The lowest BCUT2D eigenvalue weighted by Crippen LogP contribution is -2.25. The predicted molar refractivity (Wildman–Crippen MR) is 60.7 cm³/mol. The number of hydrogen-bond donors (Lipinski definition) is 0. The molecule has 0 atom stereocenters. The van der Waals surface area contributed by atoms with Crippen LogP contribution >= 0.6 is 11.8 Å². The minimum atomic E-state index is -0.0659. The largest absolute Gasteiger partial charge is 0.466 e. The van der Waals surface area contributed by atoms with Gasteiger partial charge in [-0.2, -0.15) is 0 Å². The highest BCUT2D eigenvalue weighted by molar-refractivity contribution is 8.14. The molecule has 0 N–H and O–H groups in total. The summed E-state index contributed by atoms with van der Waals surface area (Å²) >= 11 is 1.41. The monoisotopic (exact) mass is 230 g/mol. The quantitative estimate of drug-likeness (QED) is 0.698. The summed E-state index contributed by atoms with van der Waals surface area (Å²) < 4.78 is 4.99. The van der Waals surface area contributed by atoms with E-state index in [0.717, 1.165) is 25.7 Å². The zero-order valence-corrected chi connectivity index (χ0v) is 10.1. The van der Waals surface area contributed by atoms with Gasteiger partial charge in [-0.25, -0.2) is 0 Å². The molecular weight excluding hydrogens is 212 g/mol. The highest BCUT2D eigenvalue weighted by atomic mass is 32.2. The smallest absolute Gasteiger partial charge is 0.308 e. The summed E-state index contributed by atoms with van der Waals surface area (Å²) in [6.45, 7) is 3.89. The summed E-state index contributed by atoms with van der Waals surface area (Å²) in [5.41, 5.74) is 0. The van der Waals surface area contributed by atoms with Crippen molar-refractivity contribution in [2.75, 3.05) is 6.61 Å². The van der Waals surface area contributed by atoms with Gasteiger partial charge in [-0.1, -0.05) is 11.8 Å². The van der Waals surface area contributed by atoms with Crippen molar-refractivity contribution in [3.05, 3.63) is 0 Å². The lowest BCUT2D eigenvalue weighted by molar-refractivity contribution is -0.149. The second-order valence-electron chi connectivity index (χ2n) is 3.84. The SMILES string of the molecule is CCOC(=O)C1CCC(SC(C)=O)CC1. The standard InChI is InChI=1S/C11H18O3S/c1-3-14-11(13)9-4-6-10(7-5-9)15-8(2)12/h9-10H,3-7H2,1-2H3. The van der Waals surface area contributed by atoms with Crippen LogP contribution in [0, 0.1) is 5.92 Å². The number of carbonyl (C=O) groups is 2. The number of hydrogen-bond acceptors (Lipinski definition) is 4. The molecule has 0 unspecified atom stereocenters. The Bertz CT molecular complexity index is 232. The van der Waals surface area contributed by atoms with E-state index in [1.165, 1.54) is 11.8 Å². The van der Waals surface area contributed by atoms with Crippen molar-refractivity contribution >= 4 is 22.8 Å². The van der Waals surface area contributed by atoms with Gasteiger partial charge in [0.2, 0.25) is 0 Å². The summed E-state index contributed by atoms with van der Waals surface area (Å²) in [7, 11) is 0. The van der Waals surface area contributed by atoms with Gasteiger partial charge < -0.3 is 4.74 Å². The third-order valence-corrected chi connectivity index (χ3v) is 3.76. The Morgan fingerprint density at radius 3 is 2.33 bits per heavy atom. The summed E-state index contributed by atoms with van der Waals surface area (Å²) in [6.07, 6.45) is 3.63. The molecule has 0 saturated heterocycles. The van der Waals surface area contributed by atoms with Gasteiger partial charge in [0.05, 0.1) is 12.5 Å². The molecule has 4 heteroatoms. The first-order chi connectivity index (χ1) is 7.13. The molecule has 1 aliphatic rings. The van der Waals surface area contributed by atoms with Crippen LogP contribution in [0.25, 0.3) is 0 Å². The van der Waals surface area contributed by atoms with E-state index in [9.17, 15) is 9.59 Å². The average Bonchev–Trinajstić information content (AvgIpc) is 2.18. The Kier molecular flexibility index (Phi) is 5.15. The van der Waals surface area contributed by atoms with Crippen LogP contribution in [0.4, 0.5) is 0 Å². The molecule has 0 spiro atoms. The Labute approximate surface area is 94.9 Å². The van der Waals surface area contributed by atoms with Gasteiger partial charge in [0.1, 0.15) is 0 Å². The van der Waals surface area contributed by atoms with E-state index in [1.807, 2.05) is 6.92 Å². The molecule has 0 bridgehead atoms. The molecule has 0 heterocycles. The lowest BCUT2D eigenvalue weighted by atomic mass is 9.89. The minimum absolute atomic E-state index is 0.0637. The fraction of sp³-hybridized carbons (Fsp3) is 0.818. The molecule has 86 valence electrons. The molecule has 1 saturated carbocycles. The Hall–Kier alpha value is -0.510. The van der Waals surface area contributed by atoms with Gasteiger partial charge >= 0.3 is 5.97 Å². The van der Waals surface area contributed by atoms with E-state index in [-0.39, 0.29) is 17.0 Å². The normalized spacial score (nSPS) is 26.0. The van der Waals surface area contributed by atoms with Crippen LogP contribution in [0.5, 0.6) is 0 Å². The first kappa shape index (κ1) is 12.6. The molecular formula is C11H18O3S. The molecule has 1 fully saturated rings. The van der Waals surface area contributed by atoms with Crippen molar-refractivity contribution < 1.29 is 14.3 Å². The molecule has 0 aromatic heterocycles. The maximum absolute atomic E-state index is 11.4. The van der Waals surface area contributed by atoms with Crippen LogP contribution in [0.1, 0.15) is 39.5 Å². The topological polar surface area (TPSA) is 43.4 Å². The number of carbonyl (C=O) groups excluding carboxylic acids is 2. The molecule has 15 heavy (non-hydrogen) atoms. The second-order valence-corrected chi connectivity index (χ2v) is 5.31. The minimum Gasteiger partial charge on any atom is -0.466 e. The fourth-order valence-corrected chi connectivity index (χ4v) is 2.89. The van der Waals surface area contributed by atoms with E-state index >= 15 is 0 Å². The highest BCUT2D eigenvalue weighted by Crippen LogP contribution is 2.32. The third kappa shape index (κ3) is 4.24. The van der Waals surface area contributed by atoms with Crippen molar-refractivity contribution in [3.8, 4) is 0 Å². The predicted octanol–water partition coefficient (Wildman–Crippen LogP) is 2.39. The van der Waals surface area contributed by atoms with Crippen LogP contribution in [0.3, 0.4) is 0 Å². The van der Waals surface area contributed by atoms with E-state index in [0.29, 0.717) is 11.9 Å². The van der Waals surface area contributed by atoms with Crippen molar-refractivity contribution in [2.24, 2.45) is 5.92 Å². The van der Waals surface area contributed by atoms with Crippen LogP contribution < -0.4 is 0 Å². The molecule has 0 aliphatic heterocycles. The highest BCUT2D eigenvalue weighted by Gasteiger charge is 2.27. The van der Waals surface area contributed by atoms with Crippen molar-refractivity contribution in [1.29, 1.82) is 0 Å². The van der Waals surface area contributed by atoms with Crippen molar-refractivity contribution in [2.45, 2.75) is 44.8 Å². The molecule has 3 nitrogen and oxygen atoms in total. The van der Waals surface area contributed by atoms with Crippen molar-refractivity contribution in [3.63, 3.8) is 0 Å². The molecule has 1 aliphatic carbocycles. The summed E-state index contributed by atoms with van der Waals surface area (Å²) in [6, 6.07) is 0. The average molecular weight is 230 g/mol. The molecule has 0 aromatic carbocycles. The first-order valence-electron chi connectivity index (χ1n) is 5.47. The molecule has 0 radical (unpaired) electrons. The van der Waals surface area contributed by atoms with Gasteiger partial charge in [-0.3, -0.25) is 9.59 Å². The van der Waals surface area contributed by atoms with Crippen molar-refractivity contribution in [1.82, 2.24) is 0 Å². The summed E-state index contributed by atoms with van der Waals surface area (Å²) in [5.74, 6) is -0.00228. The number of rotatable bonds is 3. The Balaban J connectivity index is 2.29. The van der Waals surface area contributed by atoms with E-state index < -0.39 is 0 Å². The zero-order chi connectivity index (χ0) is 11.3. The zero-order valence-electron chi connectivity index (χ0n) is 9.32.